The number of halogens is 1. The van der Waals surface area contributed by atoms with Crippen LogP contribution in [0, 0.1) is 12.7 Å². The van der Waals surface area contributed by atoms with Crippen molar-refractivity contribution in [3.8, 4) is 11.4 Å². The molecule has 0 bridgehead atoms. The highest BCUT2D eigenvalue weighted by Gasteiger charge is 2.46. The van der Waals surface area contributed by atoms with Gasteiger partial charge in [0.25, 0.3) is 5.56 Å². The summed E-state index contributed by atoms with van der Waals surface area (Å²) in [5, 5.41) is 15.7. The second-order valence-corrected chi connectivity index (χ2v) is 16.0. The van der Waals surface area contributed by atoms with E-state index in [1.54, 1.807) is 34.9 Å². The molecule has 2 aliphatic carbocycles. The van der Waals surface area contributed by atoms with Crippen LogP contribution in [0.1, 0.15) is 84.9 Å². The number of aliphatic hydroxyl groups is 1. The van der Waals surface area contributed by atoms with E-state index < -0.39 is 23.7 Å². The predicted molar refractivity (Wildman–Crippen MR) is 171 cm³/mol. The van der Waals surface area contributed by atoms with Crippen molar-refractivity contribution in [3.05, 3.63) is 61.7 Å². The molecule has 7 rings (SSSR count). The molecule has 2 aliphatic heterocycles. The topological polar surface area (TPSA) is 120 Å². The lowest BCUT2D eigenvalue weighted by atomic mass is 9.81. The molecule has 4 heterocycles. The third-order valence-electron chi connectivity index (χ3n) is 9.76. The van der Waals surface area contributed by atoms with E-state index in [1.165, 1.54) is 6.07 Å². The minimum Gasteiger partial charge on any atom is -0.458 e. The molecule has 2 N–H and O–H groups in total. The van der Waals surface area contributed by atoms with Crippen LogP contribution in [-0.4, -0.2) is 38.1 Å². The molecule has 4 aliphatic rings. The van der Waals surface area contributed by atoms with Crippen LogP contribution in [0.25, 0.3) is 22.3 Å². The number of ether oxygens (including phenoxy) is 2. The number of alkyl carbamates (subject to hydrolysis) is 1. The smallest absolute Gasteiger partial charge is 0.407 e. The summed E-state index contributed by atoms with van der Waals surface area (Å²) in [6.45, 7) is 3.37. The molecule has 44 heavy (non-hydrogen) atoms. The van der Waals surface area contributed by atoms with Gasteiger partial charge in [0.2, 0.25) is 0 Å². The van der Waals surface area contributed by atoms with E-state index in [9.17, 15) is 19.5 Å². The van der Waals surface area contributed by atoms with Crippen molar-refractivity contribution in [2.24, 2.45) is 0 Å². The number of carbonyl (C=O) groups excluding carboxylic acids is 2. The molecule has 9 nitrogen and oxygen atoms in total. The second-order valence-electron chi connectivity index (χ2n) is 12.0. The molecule has 0 spiro atoms. The Labute approximate surface area is 263 Å². The maximum absolute atomic E-state index is 15.1. The Kier molecular flexibility index (Phi) is 7.71. The summed E-state index contributed by atoms with van der Waals surface area (Å²) in [6, 6.07) is 2.62. The number of aromatic nitrogens is 2. The van der Waals surface area contributed by atoms with Gasteiger partial charge in [-0.2, -0.15) is 0 Å². The number of nitrogens with one attached hydrogen (secondary N) is 1. The average Bonchev–Trinajstić information content (AvgIpc) is 3.38. The highest BCUT2D eigenvalue weighted by Crippen LogP contribution is 2.46. The van der Waals surface area contributed by atoms with E-state index in [1.807, 2.05) is 10.8 Å². The van der Waals surface area contributed by atoms with E-state index in [0.29, 0.717) is 40.6 Å². The van der Waals surface area contributed by atoms with Crippen LogP contribution in [0.5, 0.6) is 0 Å². The number of amides is 1. The molecule has 1 saturated carbocycles. The van der Waals surface area contributed by atoms with E-state index in [4.69, 9.17) is 14.5 Å². The maximum atomic E-state index is 15.1. The Morgan fingerprint density at radius 1 is 1.23 bits per heavy atom. The summed E-state index contributed by atoms with van der Waals surface area (Å²) < 4.78 is 27.8. The first-order valence-electron chi connectivity index (χ1n) is 15.0. The van der Waals surface area contributed by atoms with Crippen LogP contribution in [-0.2, 0) is 39.4 Å². The number of benzene rings is 1. The lowest BCUT2D eigenvalue weighted by molar-refractivity contribution is -0.172. The molecule has 232 valence electrons. The van der Waals surface area contributed by atoms with Crippen molar-refractivity contribution in [3.63, 3.8) is 0 Å². The van der Waals surface area contributed by atoms with Crippen molar-refractivity contribution >= 4 is 52.6 Å². The zero-order valence-corrected chi connectivity index (χ0v) is 27.2. The number of rotatable bonds is 5. The second kappa shape index (κ2) is 11.3. The monoisotopic (exact) mass is 657 g/mol. The van der Waals surface area contributed by atoms with E-state index >= 15 is 4.39 Å². The van der Waals surface area contributed by atoms with Crippen molar-refractivity contribution < 1.29 is 28.6 Å². The Balaban J connectivity index is 1.30. The fraction of sp³-hybridized carbons (Fsp3) is 0.484. The van der Waals surface area contributed by atoms with Gasteiger partial charge in [-0.3, -0.25) is 4.79 Å². The predicted octanol–water partition coefficient (Wildman–Crippen LogP) is 5.72. The SMILES string of the molecule is CC[C@@]1(O)C(=O)OCc2c1cc1n(c2=O)Cc2c-1nc1cc(F)c(C)c3c1c2[C@@H](NC(=O)OC1CCC(SSP)CC1)CC3. The van der Waals surface area contributed by atoms with Gasteiger partial charge >= 0.3 is 12.1 Å². The van der Waals surface area contributed by atoms with Crippen LogP contribution in [0.15, 0.2) is 16.9 Å². The number of aryl methyl sites for hydroxylation is 1. The van der Waals surface area contributed by atoms with Gasteiger partial charge in [0.1, 0.15) is 18.5 Å². The molecule has 3 aromatic rings. The summed E-state index contributed by atoms with van der Waals surface area (Å²) in [5.41, 5.74) is 2.44. The highest BCUT2D eigenvalue weighted by molar-refractivity contribution is 8.94. The van der Waals surface area contributed by atoms with Crippen LogP contribution in [0.4, 0.5) is 9.18 Å². The summed E-state index contributed by atoms with van der Waals surface area (Å²) in [5.74, 6) is -1.16. The van der Waals surface area contributed by atoms with Crippen LogP contribution in [0.2, 0.25) is 0 Å². The van der Waals surface area contributed by atoms with Crippen LogP contribution in [0.3, 0.4) is 0 Å². The first-order valence-corrected chi connectivity index (χ1v) is 18.6. The van der Waals surface area contributed by atoms with Gasteiger partial charge < -0.3 is 24.5 Å². The fourth-order valence-corrected chi connectivity index (χ4v) is 10.4. The Bertz CT molecular complexity index is 1790. The first-order chi connectivity index (χ1) is 21.1. The Morgan fingerprint density at radius 3 is 2.73 bits per heavy atom. The molecule has 13 heteroatoms. The molecular weight excluding hydrogens is 624 g/mol. The first kappa shape index (κ1) is 30.0. The van der Waals surface area contributed by atoms with Gasteiger partial charge in [0.15, 0.2) is 5.60 Å². The summed E-state index contributed by atoms with van der Waals surface area (Å²) in [6.07, 6.45) is 4.10. The summed E-state index contributed by atoms with van der Waals surface area (Å²) in [7, 11) is 6.19. The molecule has 1 fully saturated rings. The zero-order valence-electron chi connectivity index (χ0n) is 24.4. The number of cyclic esters (lactones) is 1. The molecule has 0 radical (unpaired) electrons. The zero-order chi connectivity index (χ0) is 30.9. The van der Waals surface area contributed by atoms with Gasteiger partial charge in [-0.25, -0.2) is 19.0 Å². The highest BCUT2D eigenvalue weighted by atomic mass is 33.3. The molecule has 0 saturated heterocycles. The van der Waals surface area contributed by atoms with Crippen LogP contribution >= 0.6 is 29.6 Å². The van der Waals surface area contributed by atoms with Crippen LogP contribution < -0.4 is 10.9 Å². The third-order valence-corrected chi connectivity index (χ3v) is 12.8. The number of pyridine rings is 2. The fourth-order valence-electron chi connectivity index (χ4n) is 7.35. The summed E-state index contributed by atoms with van der Waals surface area (Å²) in [4.78, 5) is 44.5. The number of fused-ring (bicyclic) bond motifs is 5. The lowest BCUT2D eigenvalue weighted by Gasteiger charge is -2.31. The standard InChI is InChI=1S/C31H33FN3O6PS2/c1-3-31(39)20-10-24-27-18(12-35(24)28(36)19(20)13-40-29(31)37)26-22(9-8-17-14(2)21(32)11-23(33-27)25(17)26)34-30(38)41-15-4-6-16(7-5-15)43-44-42/h10-11,15-16,22,39H,3-9,12-13,42H2,1-2H3,(H,34,38)/t15?,16?,22-,31-/m0/s1. The Morgan fingerprint density at radius 2 is 2.00 bits per heavy atom. The number of hydrogen-bond acceptors (Lipinski definition) is 9. The van der Waals surface area contributed by atoms with Gasteiger partial charge in [-0.05, 0) is 74.6 Å². The maximum Gasteiger partial charge on any atom is 0.407 e. The number of esters is 1. The van der Waals surface area contributed by atoms with Crippen molar-refractivity contribution in [1.82, 2.24) is 14.9 Å². The van der Waals surface area contributed by atoms with Crippen molar-refractivity contribution in [2.45, 2.75) is 94.9 Å². The quantitative estimate of drug-likeness (QED) is 0.158. The van der Waals surface area contributed by atoms with E-state index in [2.05, 4.69) is 13.8 Å². The molecule has 1 aromatic carbocycles. The van der Waals surface area contributed by atoms with Gasteiger partial charge in [-0.15, -0.1) is 0 Å². The van der Waals surface area contributed by atoms with Gasteiger partial charge in [-0.1, -0.05) is 36.6 Å². The molecule has 1 amide bonds. The third kappa shape index (κ3) is 4.66. The van der Waals surface area contributed by atoms with E-state index in [0.717, 1.165) is 47.8 Å². The summed E-state index contributed by atoms with van der Waals surface area (Å²) >= 11 is 0. The normalized spacial score (nSPS) is 25.2. The molecule has 2 aromatic heterocycles. The molecule has 3 atom stereocenters. The molecular formula is C31H33FN3O6PS2. The van der Waals surface area contributed by atoms with E-state index in [-0.39, 0.29) is 48.2 Å². The lowest BCUT2D eigenvalue weighted by Crippen LogP contribution is -2.44. The van der Waals surface area contributed by atoms with Crippen molar-refractivity contribution in [2.75, 3.05) is 0 Å². The Hall–Kier alpha value is -2.66. The minimum absolute atomic E-state index is 0.0318. The minimum atomic E-state index is -1.95. The van der Waals surface area contributed by atoms with Gasteiger partial charge in [0.05, 0.1) is 35.1 Å². The number of hydrogen-bond donors (Lipinski definition) is 2. The average molecular weight is 658 g/mol. The van der Waals surface area contributed by atoms with Gasteiger partial charge in [0, 0.05) is 27.8 Å². The van der Waals surface area contributed by atoms with Crippen molar-refractivity contribution in [1.29, 1.82) is 0 Å². The number of nitrogens with zero attached hydrogens (tertiary/aromatic N) is 2. The molecule has 1 unspecified atom stereocenters. The largest absolute Gasteiger partial charge is 0.458 e. The number of carbonyl (C=O) groups is 2.